The summed E-state index contributed by atoms with van der Waals surface area (Å²) in [6.07, 6.45) is 0. The second-order valence-corrected chi connectivity index (χ2v) is 9.63. The van der Waals surface area contributed by atoms with Crippen molar-refractivity contribution >= 4 is 27.0 Å². The lowest BCUT2D eigenvalue weighted by Gasteiger charge is -2.33. The summed E-state index contributed by atoms with van der Waals surface area (Å²) in [5, 5.41) is 0. The van der Waals surface area contributed by atoms with Gasteiger partial charge >= 0.3 is 0 Å². The number of hydrogen-bond donors (Lipinski definition) is 1. The molecule has 1 N–H and O–H groups in total. The molecule has 2 heterocycles. The smallest absolute Gasteiger partial charge is 0.243 e. The predicted octanol–water partition coefficient (Wildman–Crippen LogP) is 3.51. The van der Waals surface area contributed by atoms with Crippen LogP contribution < -0.4 is 4.90 Å². The highest BCUT2D eigenvalue weighted by atomic mass is 32.2. The van der Waals surface area contributed by atoms with Crippen molar-refractivity contribution in [2.45, 2.75) is 31.6 Å². The van der Waals surface area contributed by atoms with Gasteiger partial charge < -0.3 is 9.88 Å². The van der Waals surface area contributed by atoms with E-state index in [0.717, 1.165) is 22.5 Å². The molecule has 28 heavy (non-hydrogen) atoms. The maximum atomic E-state index is 13.0. The number of fused-ring (bicyclic) bond motifs is 1. The van der Waals surface area contributed by atoms with Crippen molar-refractivity contribution in [3.05, 3.63) is 53.6 Å². The number of imidazole rings is 1. The second kappa shape index (κ2) is 7.22. The molecule has 3 aromatic rings. The van der Waals surface area contributed by atoms with Gasteiger partial charge in [0, 0.05) is 26.2 Å². The van der Waals surface area contributed by atoms with Gasteiger partial charge in [-0.1, -0.05) is 32.0 Å². The molecule has 6 nitrogen and oxygen atoms in total. The van der Waals surface area contributed by atoms with Gasteiger partial charge in [0.25, 0.3) is 0 Å². The van der Waals surface area contributed by atoms with Crippen molar-refractivity contribution in [3.8, 4) is 0 Å². The molecule has 0 radical (unpaired) electrons. The zero-order valence-corrected chi connectivity index (χ0v) is 17.3. The predicted molar refractivity (Wildman–Crippen MR) is 112 cm³/mol. The Morgan fingerprint density at radius 3 is 2.32 bits per heavy atom. The van der Waals surface area contributed by atoms with Crippen molar-refractivity contribution < 1.29 is 8.42 Å². The molecule has 7 heteroatoms. The van der Waals surface area contributed by atoms with Gasteiger partial charge in [0.2, 0.25) is 16.0 Å². The number of nitrogens with one attached hydrogen (secondary N) is 1. The standard InChI is InChI=1S/C21H26N4O2S/c1-15(2)17-5-7-18(8-6-17)28(26,27)25-12-10-24(11-13-25)21-22-19-9-4-16(3)14-20(19)23-21/h4-9,14-15H,10-13H2,1-3H3,(H,22,23). The number of piperazine rings is 1. The van der Waals surface area contributed by atoms with Crippen molar-refractivity contribution in [2.24, 2.45) is 0 Å². The zero-order valence-electron chi connectivity index (χ0n) is 16.5. The van der Waals surface area contributed by atoms with Crippen LogP contribution in [0.4, 0.5) is 5.95 Å². The minimum absolute atomic E-state index is 0.365. The van der Waals surface area contributed by atoms with Gasteiger partial charge in [-0.2, -0.15) is 4.31 Å². The summed E-state index contributed by atoms with van der Waals surface area (Å²) in [4.78, 5) is 10.5. The van der Waals surface area contributed by atoms with Crippen LogP contribution in [-0.2, 0) is 10.0 Å². The molecule has 4 rings (SSSR count). The minimum Gasteiger partial charge on any atom is -0.340 e. The topological polar surface area (TPSA) is 69.3 Å². The monoisotopic (exact) mass is 398 g/mol. The van der Waals surface area contributed by atoms with E-state index in [4.69, 9.17) is 0 Å². The van der Waals surface area contributed by atoms with Gasteiger partial charge in [0.15, 0.2) is 0 Å². The Labute approximate surface area is 166 Å². The molecule has 0 bridgehead atoms. The summed E-state index contributed by atoms with van der Waals surface area (Å²) in [5.41, 5.74) is 4.27. The van der Waals surface area contributed by atoms with E-state index in [1.54, 1.807) is 16.4 Å². The van der Waals surface area contributed by atoms with E-state index in [2.05, 4.69) is 41.7 Å². The fraction of sp³-hybridized carbons (Fsp3) is 0.381. The second-order valence-electron chi connectivity index (χ2n) is 7.70. The Bertz CT molecular complexity index is 1080. The van der Waals surface area contributed by atoms with Crippen molar-refractivity contribution in [2.75, 3.05) is 31.1 Å². The Balaban J connectivity index is 1.48. The normalized spacial score (nSPS) is 16.2. The molecule has 1 saturated heterocycles. The maximum Gasteiger partial charge on any atom is 0.243 e. The molecule has 1 aliphatic rings. The first-order chi connectivity index (χ1) is 13.3. The van der Waals surface area contributed by atoms with Crippen molar-refractivity contribution in [1.29, 1.82) is 0 Å². The molecule has 0 atom stereocenters. The summed E-state index contributed by atoms with van der Waals surface area (Å²) in [6, 6.07) is 13.4. The summed E-state index contributed by atoms with van der Waals surface area (Å²) in [7, 11) is -3.46. The number of aromatic amines is 1. The highest BCUT2D eigenvalue weighted by Crippen LogP contribution is 2.23. The molecule has 0 aliphatic carbocycles. The van der Waals surface area contributed by atoms with Gasteiger partial charge in [-0.25, -0.2) is 13.4 Å². The summed E-state index contributed by atoms with van der Waals surface area (Å²) in [6.45, 7) is 8.38. The molecule has 2 aromatic carbocycles. The van der Waals surface area contributed by atoms with Crippen LogP contribution in [0, 0.1) is 6.92 Å². The molecular weight excluding hydrogens is 372 g/mol. The van der Waals surface area contributed by atoms with Crippen LogP contribution >= 0.6 is 0 Å². The van der Waals surface area contributed by atoms with E-state index in [1.807, 2.05) is 24.3 Å². The lowest BCUT2D eigenvalue weighted by molar-refractivity contribution is 0.383. The third-order valence-electron chi connectivity index (χ3n) is 5.35. The van der Waals surface area contributed by atoms with E-state index in [-0.39, 0.29) is 0 Å². The molecule has 148 valence electrons. The quantitative estimate of drug-likeness (QED) is 0.730. The van der Waals surface area contributed by atoms with Gasteiger partial charge in [-0.05, 0) is 48.2 Å². The number of nitrogens with zero attached hydrogens (tertiary/aromatic N) is 3. The van der Waals surface area contributed by atoms with Crippen LogP contribution in [0.5, 0.6) is 0 Å². The Kier molecular flexibility index (Phi) is 4.89. The SMILES string of the molecule is Cc1ccc2nc(N3CCN(S(=O)(=O)c4ccc(C(C)C)cc4)CC3)[nH]c2c1. The summed E-state index contributed by atoms with van der Waals surface area (Å²) >= 11 is 0. The highest BCUT2D eigenvalue weighted by Gasteiger charge is 2.29. The van der Waals surface area contributed by atoms with Gasteiger partial charge in [-0.15, -0.1) is 0 Å². The summed E-state index contributed by atoms with van der Waals surface area (Å²) < 4.78 is 27.5. The van der Waals surface area contributed by atoms with E-state index in [0.29, 0.717) is 37.0 Å². The van der Waals surface area contributed by atoms with E-state index < -0.39 is 10.0 Å². The van der Waals surface area contributed by atoms with Crippen molar-refractivity contribution in [1.82, 2.24) is 14.3 Å². The number of rotatable bonds is 4. The number of sulfonamides is 1. The van der Waals surface area contributed by atoms with Crippen LogP contribution in [0.3, 0.4) is 0 Å². The molecule has 0 saturated carbocycles. The third kappa shape index (κ3) is 3.52. The zero-order chi connectivity index (χ0) is 19.9. The first-order valence-corrected chi connectivity index (χ1v) is 11.1. The number of H-pyrrole nitrogens is 1. The van der Waals surface area contributed by atoms with E-state index in [9.17, 15) is 8.42 Å². The number of aromatic nitrogens is 2. The Hall–Kier alpha value is -2.38. The molecule has 0 unspecified atom stereocenters. The first-order valence-electron chi connectivity index (χ1n) is 9.66. The van der Waals surface area contributed by atoms with Crippen molar-refractivity contribution in [3.63, 3.8) is 0 Å². The lowest BCUT2D eigenvalue weighted by atomic mass is 10.0. The molecule has 1 fully saturated rings. The molecule has 0 spiro atoms. The highest BCUT2D eigenvalue weighted by molar-refractivity contribution is 7.89. The largest absolute Gasteiger partial charge is 0.340 e. The molecule has 1 aromatic heterocycles. The van der Waals surface area contributed by atoms with Gasteiger partial charge in [0.1, 0.15) is 0 Å². The third-order valence-corrected chi connectivity index (χ3v) is 7.26. The minimum atomic E-state index is -3.46. The molecule has 1 aliphatic heterocycles. The maximum absolute atomic E-state index is 13.0. The fourth-order valence-electron chi connectivity index (χ4n) is 3.57. The Morgan fingerprint density at radius 1 is 1.00 bits per heavy atom. The van der Waals surface area contributed by atoms with Gasteiger partial charge in [-0.3, -0.25) is 0 Å². The van der Waals surface area contributed by atoms with Crippen LogP contribution in [-0.4, -0.2) is 48.9 Å². The van der Waals surface area contributed by atoms with Gasteiger partial charge in [0.05, 0.1) is 15.9 Å². The average Bonchev–Trinajstić information content (AvgIpc) is 3.11. The Morgan fingerprint density at radius 2 is 1.68 bits per heavy atom. The lowest BCUT2D eigenvalue weighted by Crippen LogP contribution is -2.49. The fourth-order valence-corrected chi connectivity index (χ4v) is 5.00. The van der Waals surface area contributed by atoms with Crippen LogP contribution in [0.15, 0.2) is 47.4 Å². The molecular formula is C21H26N4O2S. The van der Waals surface area contributed by atoms with Crippen LogP contribution in [0.25, 0.3) is 11.0 Å². The van der Waals surface area contributed by atoms with Crippen LogP contribution in [0.2, 0.25) is 0 Å². The number of benzene rings is 2. The number of aryl methyl sites for hydroxylation is 1. The number of hydrogen-bond acceptors (Lipinski definition) is 4. The van der Waals surface area contributed by atoms with Crippen LogP contribution in [0.1, 0.15) is 30.9 Å². The van der Waals surface area contributed by atoms with E-state index >= 15 is 0 Å². The first kappa shape index (κ1) is 19.0. The van der Waals surface area contributed by atoms with E-state index in [1.165, 1.54) is 5.56 Å². The summed E-state index contributed by atoms with van der Waals surface area (Å²) in [5.74, 6) is 1.19. The average molecular weight is 399 g/mol. The molecule has 0 amide bonds. The number of anilines is 1.